The summed E-state index contributed by atoms with van der Waals surface area (Å²) >= 11 is 0. The fourth-order valence-corrected chi connectivity index (χ4v) is 3.48. The Morgan fingerprint density at radius 2 is 1.85 bits per heavy atom. The lowest BCUT2D eigenvalue weighted by molar-refractivity contribution is 0.0578. The third kappa shape index (κ3) is 4.02. The highest BCUT2D eigenvalue weighted by Gasteiger charge is 2.30. The smallest absolute Gasteiger partial charge is 0.332 e. The highest BCUT2D eigenvalue weighted by atomic mass is 35.5. The van der Waals surface area contributed by atoms with E-state index in [9.17, 15) is 14.4 Å². The van der Waals surface area contributed by atoms with E-state index < -0.39 is 11.2 Å². The molecule has 27 heavy (non-hydrogen) atoms. The van der Waals surface area contributed by atoms with E-state index in [0.717, 1.165) is 23.8 Å². The number of carbonyl (C=O) groups is 1. The van der Waals surface area contributed by atoms with Crippen LogP contribution in [0, 0.1) is 0 Å². The first kappa shape index (κ1) is 23.1. The average Bonchev–Trinajstić information content (AvgIpc) is 2.63. The van der Waals surface area contributed by atoms with Gasteiger partial charge in [0, 0.05) is 32.7 Å². The monoisotopic (exact) mass is 417 g/mol. The van der Waals surface area contributed by atoms with Crippen LogP contribution in [0.2, 0.25) is 0 Å². The molecule has 150 valence electrons. The predicted octanol–water partition coefficient (Wildman–Crippen LogP) is 0.818. The van der Waals surface area contributed by atoms with Crippen molar-refractivity contribution in [2.24, 2.45) is 19.8 Å². The second kappa shape index (κ2) is 8.86. The molecule has 0 aromatic carbocycles. The van der Waals surface area contributed by atoms with Crippen LogP contribution in [-0.2, 0) is 14.1 Å². The quantitative estimate of drug-likeness (QED) is 0.778. The molecule has 2 aromatic heterocycles. The Morgan fingerprint density at radius 1 is 1.19 bits per heavy atom. The van der Waals surface area contributed by atoms with E-state index >= 15 is 0 Å². The van der Waals surface area contributed by atoms with Crippen molar-refractivity contribution in [2.75, 3.05) is 6.54 Å². The number of nitrogens with two attached hydrogens (primary N) is 1. The van der Waals surface area contributed by atoms with Gasteiger partial charge in [-0.15, -0.1) is 24.8 Å². The third-order valence-electron chi connectivity index (χ3n) is 4.94. The molecule has 2 aromatic rings. The SMILES string of the molecule is CC(N)C1CCCCN1C(=O)c1ccc2c(=O)n(C)c(=O)n(C)c2n1.Cl.Cl. The summed E-state index contributed by atoms with van der Waals surface area (Å²) in [6, 6.07) is 2.96. The molecule has 0 radical (unpaired) electrons. The van der Waals surface area contributed by atoms with Crippen molar-refractivity contribution in [1.29, 1.82) is 0 Å². The molecule has 2 atom stereocenters. The Balaban J connectivity index is 0.00000182. The van der Waals surface area contributed by atoms with Crippen molar-refractivity contribution in [3.63, 3.8) is 0 Å². The molecule has 10 heteroatoms. The van der Waals surface area contributed by atoms with Crippen LogP contribution in [0.25, 0.3) is 11.0 Å². The normalized spacial score (nSPS) is 17.8. The number of amides is 1. The van der Waals surface area contributed by atoms with Crippen molar-refractivity contribution in [2.45, 2.75) is 38.3 Å². The number of rotatable bonds is 2. The van der Waals surface area contributed by atoms with E-state index in [1.807, 2.05) is 6.92 Å². The molecule has 0 aliphatic carbocycles. The highest BCUT2D eigenvalue weighted by molar-refractivity contribution is 5.94. The number of halogens is 2. The van der Waals surface area contributed by atoms with Gasteiger partial charge in [-0.3, -0.25) is 18.7 Å². The maximum atomic E-state index is 12.9. The summed E-state index contributed by atoms with van der Waals surface area (Å²) in [6.07, 6.45) is 2.85. The minimum absolute atomic E-state index is 0. The van der Waals surface area contributed by atoms with Gasteiger partial charge in [-0.05, 0) is 38.3 Å². The molecule has 1 amide bonds. The molecule has 3 heterocycles. The fourth-order valence-electron chi connectivity index (χ4n) is 3.48. The summed E-state index contributed by atoms with van der Waals surface area (Å²) in [7, 11) is 2.96. The second-order valence-electron chi connectivity index (χ2n) is 6.69. The molecule has 1 aliphatic heterocycles. The van der Waals surface area contributed by atoms with Gasteiger partial charge in [-0.2, -0.15) is 0 Å². The lowest BCUT2D eigenvalue weighted by Crippen LogP contribution is -2.51. The molecule has 1 aliphatic rings. The van der Waals surface area contributed by atoms with E-state index in [1.165, 1.54) is 18.7 Å². The van der Waals surface area contributed by atoms with E-state index in [1.54, 1.807) is 17.0 Å². The largest absolute Gasteiger partial charge is 0.333 e. The number of likely N-dealkylation sites (tertiary alicyclic amines) is 1. The molecule has 2 N–H and O–H groups in total. The van der Waals surface area contributed by atoms with Crippen molar-refractivity contribution in [3.05, 3.63) is 38.7 Å². The molecule has 3 rings (SSSR count). The van der Waals surface area contributed by atoms with Gasteiger partial charge in [0.2, 0.25) is 0 Å². The number of aryl methyl sites for hydroxylation is 1. The van der Waals surface area contributed by atoms with Gasteiger partial charge in [0.15, 0.2) is 0 Å². The third-order valence-corrected chi connectivity index (χ3v) is 4.94. The molecule has 1 saturated heterocycles. The minimum Gasteiger partial charge on any atom is -0.333 e. The molecular weight excluding hydrogens is 393 g/mol. The zero-order chi connectivity index (χ0) is 18.3. The topological polar surface area (TPSA) is 103 Å². The Hall–Kier alpha value is -1.90. The average molecular weight is 418 g/mol. The van der Waals surface area contributed by atoms with Crippen LogP contribution in [0.5, 0.6) is 0 Å². The number of nitrogens with zero attached hydrogens (tertiary/aromatic N) is 4. The molecule has 8 nitrogen and oxygen atoms in total. The number of hydrogen-bond donors (Lipinski definition) is 1. The number of fused-ring (bicyclic) bond motifs is 1. The Morgan fingerprint density at radius 3 is 2.48 bits per heavy atom. The van der Waals surface area contributed by atoms with Crippen LogP contribution in [0.3, 0.4) is 0 Å². The van der Waals surface area contributed by atoms with E-state index in [0.29, 0.717) is 11.9 Å². The van der Waals surface area contributed by atoms with Crippen LogP contribution in [0.1, 0.15) is 36.7 Å². The number of pyridine rings is 1. The van der Waals surface area contributed by atoms with Crippen LogP contribution < -0.4 is 17.0 Å². The fraction of sp³-hybridized carbons (Fsp3) is 0.529. The van der Waals surface area contributed by atoms with Crippen LogP contribution in [0.15, 0.2) is 21.7 Å². The molecule has 1 fully saturated rings. The number of hydrogen-bond acceptors (Lipinski definition) is 5. The van der Waals surface area contributed by atoms with Gasteiger partial charge in [-0.25, -0.2) is 9.78 Å². The molecule has 0 spiro atoms. The van der Waals surface area contributed by atoms with Crippen molar-refractivity contribution in [1.82, 2.24) is 19.0 Å². The minimum atomic E-state index is -0.471. The Kier molecular flexibility index (Phi) is 7.59. The lowest BCUT2D eigenvalue weighted by atomic mass is 9.96. The predicted molar refractivity (Wildman–Crippen MR) is 109 cm³/mol. The number of carbonyl (C=O) groups excluding carboxylic acids is 1. The van der Waals surface area contributed by atoms with Crippen molar-refractivity contribution in [3.8, 4) is 0 Å². The lowest BCUT2D eigenvalue weighted by Gasteiger charge is -2.37. The van der Waals surface area contributed by atoms with Gasteiger partial charge in [0.05, 0.1) is 5.39 Å². The summed E-state index contributed by atoms with van der Waals surface area (Å²) in [5.74, 6) is -0.211. The van der Waals surface area contributed by atoms with E-state index in [-0.39, 0.29) is 54.1 Å². The first-order chi connectivity index (χ1) is 11.8. The number of aromatic nitrogens is 3. The summed E-state index contributed by atoms with van der Waals surface area (Å²) in [5.41, 5.74) is 5.59. The summed E-state index contributed by atoms with van der Waals surface area (Å²) < 4.78 is 2.31. The highest BCUT2D eigenvalue weighted by Crippen LogP contribution is 2.21. The zero-order valence-electron chi connectivity index (χ0n) is 15.5. The van der Waals surface area contributed by atoms with Gasteiger partial charge >= 0.3 is 5.69 Å². The maximum absolute atomic E-state index is 12.9. The molecular formula is C17H25Cl2N5O3. The van der Waals surface area contributed by atoms with E-state index in [2.05, 4.69) is 4.98 Å². The van der Waals surface area contributed by atoms with E-state index in [4.69, 9.17) is 5.73 Å². The summed E-state index contributed by atoms with van der Waals surface area (Å²) in [5, 5.41) is 0.309. The standard InChI is InChI=1S/C17H23N5O3.2ClH/c1-10(18)13-6-4-5-9-22(13)16(24)12-8-7-11-14(19-12)20(2)17(25)21(3)15(11)23;;/h7-8,10,13H,4-6,9,18H2,1-3H3;2*1H. The summed E-state index contributed by atoms with van der Waals surface area (Å²) in [6.45, 7) is 2.54. The first-order valence-electron chi connectivity index (χ1n) is 8.46. The van der Waals surface area contributed by atoms with Crippen LogP contribution in [0.4, 0.5) is 0 Å². The molecule has 0 bridgehead atoms. The van der Waals surface area contributed by atoms with Crippen molar-refractivity contribution < 1.29 is 4.79 Å². The molecule has 2 unspecified atom stereocenters. The number of piperidine rings is 1. The van der Waals surface area contributed by atoms with Crippen LogP contribution in [-0.4, -0.2) is 43.6 Å². The van der Waals surface area contributed by atoms with Gasteiger partial charge in [0.25, 0.3) is 11.5 Å². The summed E-state index contributed by atoms with van der Waals surface area (Å²) in [4.78, 5) is 43.4. The first-order valence-corrected chi connectivity index (χ1v) is 8.46. The second-order valence-corrected chi connectivity index (χ2v) is 6.69. The zero-order valence-corrected chi connectivity index (χ0v) is 17.2. The Labute approximate surface area is 169 Å². The van der Waals surface area contributed by atoms with Crippen LogP contribution >= 0.6 is 24.8 Å². The van der Waals surface area contributed by atoms with Gasteiger partial charge in [0.1, 0.15) is 11.3 Å². The van der Waals surface area contributed by atoms with Crippen molar-refractivity contribution >= 4 is 41.8 Å². The molecule has 0 saturated carbocycles. The maximum Gasteiger partial charge on any atom is 0.332 e. The van der Waals surface area contributed by atoms with Gasteiger partial charge < -0.3 is 10.6 Å². The van der Waals surface area contributed by atoms with Gasteiger partial charge in [-0.1, -0.05) is 0 Å². The Bertz CT molecular complexity index is 954.